The number of aromatic nitrogens is 2. The summed E-state index contributed by atoms with van der Waals surface area (Å²) in [6.45, 7) is 2.26. The van der Waals surface area contributed by atoms with Gasteiger partial charge in [0.05, 0.1) is 6.54 Å². The molecule has 0 aromatic carbocycles. The summed E-state index contributed by atoms with van der Waals surface area (Å²) < 4.78 is 2.10. The lowest BCUT2D eigenvalue weighted by molar-refractivity contribution is 0.181. The lowest BCUT2D eigenvalue weighted by atomic mass is 10.4. The summed E-state index contributed by atoms with van der Waals surface area (Å²) in [6, 6.07) is 0.492. The monoisotopic (exact) mass is 206 g/mol. The maximum Gasteiger partial charge on any atom is 0.318 e. The van der Waals surface area contributed by atoms with Gasteiger partial charge < -0.3 is 14.8 Å². The molecule has 0 spiro atoms. The molecule has 15 heavy (non-hydrogen) atoms. The molecule has 3 rings (SSSR count). The van der Waals surface area contributed by atoms with Crippen LogP contribution in [0.25, 0.3) is 0 Å². The Kier molecular flexibility index (Phi) is 1.90. The van der Waals surface area contributed by atoms with Gasteiger partial charge in [0.1, 0.15) is 5.82 Å². The smallest absolute Gasteiger partial charge is 0.318 e. The normalized spacial score (nSPS) is 19.9. The predicted octanol–water partition coefficient (Wildman–Crippen LogP) is 0.571. The average molecular weight is 206 g/mol. The first kappa shape index (κ1) is 8.76. The SMILES string of the molecule is O=C(NC1CC1)N1CCn2ccnc2C1. The third-order valence-corrected chi connectivity index (χ3v) is 2.94. The molecule has 1 aromatic heterocycles. The Morgan fingerprint density at radius 1 is 1.47 bits per heavy atom. The van der Waals surface area contributed by atoms with Crippen molar-refractivity contribution < 1.29 is 4.79 Å². The lowest BCUT2D eigenvalue weighted by Crippen LogP contribution is -2.44. The molecular formula is C10H14N4O. The highest BCUT2D eigenvalue weighted by Gasteiger charge is 2.27. The highest BCUT2D eigenvalue weighted by Crippen LogP contribution is 2.19. The van der Waals surface area contributed by atoms with E-state index in [-0.39, 0.29) is 6.03 Å². The van der Waals surface area contributed by atoms with Gasteiger partial charge in [-0.25, -0.2) is 9.78 Å². The second-order valence-electron chi connectivity index (χ2n) is 4.18. The fourth-order valence-corrected chi connectivity index (χ4v) is 1.84. The maximum absolute atomic E-state index is 11.8. The number of fused-ring (bicyclic) bond motifs is 1. The molecule has 0 bridgehead atoms. The van der Waals surface area contributed by atoms with Crippen LogP contribution in [0.5, 0.6) is 0 Å². The molecule has 1 aliphatic heterocycles. The molecule has 80 valence electrons. The van der Waals surface area contributed by atoms with Crippen molar-refractivity contribution in [3.8, 4) is 0 Å². The highest BCUT2D eigenvalue weighted by molar-refractivity contribution is 5.74. The summed E-state index contributed by atoms with van der Waals surface area (Å²) in [5.41, 5.74) is 0. The van der Waals surface area contributed by atoms with Crippen molar-refractivity contribution in [1.82, 2.24) is 19.8 Å². The molecule has 2 aliphatic rings. The van der Waals surface area contributed by atoms with E-state index in [2.05, 4.69) is 14.9 Å². The molecule has 1 aliphatic carbocycles. The Hall–Kier alpha value is -1.52. The van der Waals surface area contributed by atoms with Crippen LogP contribution in [0.2, 0.25) is 0 Å². The van der Waals surface area contributed by atoms with Crippen molar-refractivity contribution in [2.75, 3.05) is 6.54 Å². The minimum Gasteiger partial charge on any atom is -0.335 e. The summed E-state index contributed by atoms with van der Waals surface area (Å²) in [7, 11) is 0. The zero-order chi connectivity index (χ0) is 10.3. The van der Waals surface area contributed by atoms with E-state index in [0.29, 0.717) is 12.6 Å². The first-order valence-corrected chi connectivity index (χ1v) is 5.38. The van der Waals surface area contributed by atoms with Crippen LogP contribution in [-0.2, 0) is 13.1 Å². The zero-order valence-electron chi connectivity index (χ0n) is 8.52. The Morgan fingerprint density at radius 3 is 3.13 bits per heavy atom. The first-order valence-electron chi connectivity index (χ1n) is 5.38. The molecule has 2 heterocycles. The van der Waals surface area contributed by atoms with Crippen LogP contribution < -0.4 is 5.32 Å². The minimum atomic E-state index is 0.0618. The third kappa shape index (κ3) is 1.69. The van der Waals surface area contributed by atoms with Crippen LogP contribution in [0, 0.1) is 0 Å². The molecular weight excluding hydrogens is 192 g/mol. The van der Waals surface area contributed by atoms with E-state index < -0.39 is 0 Å². The van der Waals surface area contributed by atoms with Crippen molar-refractivity contribution in [2.24, 2.45) is 0 Å². The average Bonchev–Trinajstić information content (AvgIpc) is 2.94. The molecule has 2 amide bonds. The molecule has 5 nitrogen and oxygen atoms in total. The van der Waals surface area contributed by atoms with Crippen molar-refractivity contribution in [3.63, 3.8) is 0 Å². The van der Waals surface area contributed by atoms with E-state index in [0.717, 1.165) is 31.8 Å². The van der Waals surface area contributed by atoms with Gasteiger partial charge in [0.15, 0.2) is 0 Å². The number of urea groups is 1. The van der Waals surface area contributed by atoms with Crippen LogP contribution >= 0.6 is 0 Å². The van der Waals surface area contributed by atoms with Gasteiger partial charge in [-0.1, -0.05) is 0 Å². The minimum absolute atomic E-state index is 0.0618. The van der Waals surface area contributed by atoms with E-state index in [1.165, 1.54) is 0 Å². The highest BCUT2D eigenvalue weighted by atomic mass is 16.2. The Balaban J connectivity index is 1.66. The largest absolute Gasteiger partial charge is 0.335 e. The quantitative estimate of drug-likeness (QED) is 0.730. The second kappa shape index (κ2) is 3.25. The van der Waals surface area contributed by atoms with Crippen molar-refractivity contribution in [3.05, 3.63) is 18.2 Å². The van der Waals surface area contributed by atoms with Crippen LogP contribution in [0.1, 0.15) is 18.7 Å². The molecule has 0 atom stereocenters. The molecule has 0 saturated heterocycles. The van der Waals surface area contributed by atoms with Crippen molar-refractivity contribution in [2.45, 2.75) is 32.0 Å². The zero-order valence-corrected chi connectivity index (χ0v) is 8.52. The molecule has 1 saturated carbocycles. The summed E-state index contributed by atoms with van der Waals surface area (Å²) in [5.74, 6) is 0.979. The van der Waals surface area contributed by atoms with Crippen molar-refractivity contribution in [1.29, 1.82) is 0 Å². The van der Waals surface area contributed by atoms with E-state index in [1.54, 1.807) is 6.20 Å². The summed E-state index contributed by atoms with van der Waals surface area (Å²) in [5, 5.41) is 3.00. The summed E-state index contributed by atoms with van der Waals surface area (Å²) in [4.78, 5) is 17.8. The van der Waals surface area contributed by atoms with Gasteiger partial charge in [-0.2, -0.15) is 0 Å². The third-order valence-electron chi connectivity index (χ3n) is 2.94. The van der Waals surface area contributed by atoms with Gasteiger partial charge in [-0.3, -0.25) is 0 Å². The van der Waals surface area contributed by atoms with Crippen molar-refractivity contribution >= 4 is 6.03 Å². The van der Waals surface area contributed by atoms with Crippen LogP contribution in [0.15, 0.2) is 12.4 Å². The molecule has 0 radical (unpaired) electrons. The van der Waals surface area contributed by atoms with E-state index in [9.17, 15) is 4.79 Å². The Labute approximate surface area is 88.1 Å². The van der Waals surface area contributed by atoms with E-state index >= 15 is 0 Å². The number of rotatable bonds is 1. The number of hydrogen-bond donors (Lipinski definition) is 1. The van der Waals surface area contributed by atoms with E-state index in [1.807, 2.05) is 11.1 Å². The van der Waals surface area contributed by atoms with Crippen LogP contribution in [0.4, 0.5) is 4.79 Å². The van der Waals surface area contributed by atoms with Crippen LogP contribution in [-0.4, -0.2) is 33.1 Å². The van der Waals surface area contributed by atoms with Gasteiger partial charge in [0.2, 0.25) is 0 Å². The number of carbonyl (C=O) groups is 1. The molecule has 1 aromatic rings. The number of imidazole rings is 1. The van der Waals surface area contributed by atoms with Gasteiger partial charge in [-0.15, -0.1) is 0 Å². The molecule has 5 heteroatoms. The molecule has 0 unspecified atom stereocenters. The number of hydrogen-bond acceptors (Lipinski definition) is 2. The number of nitrogens with one attached hydrogen (secondary N) is 1. The number of nitrogens with zero attached hydrogens (tertiary/aromatic N) is 3. The van der Waals surface area contributed by atoms with E-state index in [4.69, 9.17) is 0 Å². The Morgan fingerprint density at radius 2 is 2.33 bits per heavy atom. The fourth-order valence-electron chi connectivity index (χ4n) is 1.84. The van der Waals surface area contributed by atoms with Gasteiger partial charge in [-0.05, 0) is 12.8 Å². The topological polar surface area (TPSA) is 50.2 Å². The summed E-state index contributed by atoms with van der Waals surface area (Å²) >= 11 is 0. The van der Waals surface area contributed by atoms with Gasteiger partial charge in [0, 0.05) is 31.5 Å². The van der Waals surface area contributed by atoms with Gasteiger partial charge >= 0.3 is 6.03 Å². The number of carbonyl (C=O) groups excluding carboxylic acids is 1. The fraction of sp³-hybridized carbons (Fsp3) is 0.600. The predicted molar refractivity (Wildman–Crippen MR) is 54.2 cm³/mol. The Bertz CT molecular complexity index is 383. The van der Waals surface area contributed by atoms with Gasteiger partial charge in [0.25, 0.3) is 0 Å². The standard InChI is InChI=1S/C10H14N4O/c15-10(12-8-1-2-8)14-6-5-13-4-3-11-9(13)7-14/h3-4,8H,1-2,5-7H2,(H,12,15). The lowest BCUT2D eigenvalue weighted by Gasteiger charge is -2.27. The van der Waals surface area contributed by atoms with Crippen LogP contribution in [0.3, 0.4) is 0 Å². The first-order chi connectivity index (χ1) is 7.33. The molecule has 1 fully saturated rings. The summed E-state index contributed by atoms with van der Waals surface area (Å²) in [6.07, 6.45) is 6.02. The number of amides is 2. The molecule has 1 N–H and O–H groups in total. The maximum atomic E-state index is 11.8. The second-order valence-corrected chi connectivity index (χ2v) is 4.18.